The van der Waals surface area contributed by atoms with E-state index in [0.717, 1.165) is 4.90 Å². The van der Waals surface area contributed by atoms with Crippen LogP contribution in [0.15, 0.2) is 0 Å². The van der Waals surface area contributed by atoms with Gasteiger partial charge in [0.05, 0.1) is 5.92 Å². The van der Waals surface area contributed by atoms with Gasteiger partial charge in [-0.3, -0.25) is 4.79 Å². The highest BCUT2D eigenvalue weighted by atomic mass is 19.4. The first-order chi connectivity index (χ1) is 6.30. The molecule has 1 rings (SSSR count). The van der Waals surface area contributed by atoms with Gasteiger partial charge in [-0.25, -0.2) is 0 Å². The number of halogens is 3. The summed E-state index contributed by atoms with van der Waals surface area (Å²) in [6.07, 6.45) is -4.35. The standard InChI is InChI=1S/C8H13F3N2O/c1-5(14)13-3-6(8(9,10)11)2-7(12)4-13/h6-7H,2-4,12H2,1H3. The molecule has 1 saturated heterocycles. The summed E-state index contributed by atoms with van der Waals surface area (Å²) < 4.78 is 37.1. The van der Waals surface area contributed by atoms with E-state index in [4.69, 9.17) is 5.73 Å². The van der Waals surface area contributed by atoms with Gasteiger partial charge in [-0.2, -0.15) is 13.2 Å². The number of alkyl halides is 3. The zero-order valence-electron chi connectivity index (χ0n) is 7.84. The van der Waals surface area contributed by atoms with Crippen molar-refractivity contribution in [2.45, 2.75) is 25.6 Å². The van der Waals surface area contributed by atoms with Crippen molar-refractivity contribution < 1.29 is 18.0 Å². The number of nitrogens with zero attached hydrogens (tertiary/aromatic N) is 1. The van der Waals surface area contributed by atoms with E-state index in [1.54, 1.807) is 0 Å². The Morgan fingerprint density at radius 3 is 2.43 bits per heavy atom. The number of likely N-dealkylation sites (tertiary alicyclic amines) is 1. The predicted octanol–water partition coefficient (Wildman–Crippen LogP) is 0.744. The Morgan fingerprint density at radius 2 is 2.00 bits per heavy atom. The quantitative estimate of drug-likeness (QED) is 0.641. The summed E-state index contributed by atoms with van der Waals surface area (Å²) in [5.41, 5.74) is 5.46. The van der Waals surface area contributed by atoms with E-state index in [1.165, 1.54) is 6.92 Å². The van der Waals surface area contributed by atoms with Gasteiger partial charge in [-0.05, 0) is 6.42 Å². The van der Waals surface area contributed by atoms with E-state index in [1.807, 2.05) is 0 Å². The van der Waals surface area contributed by atoms with Crippen LogP contribution in [0.4, 0.5) is 13.2 Å². The Labute approximate surface area is 80.0 Å². The third-order valence-corrected chi connectivity index (χ3v) is 2.39. The largest absolute Gasteiger partial charge is 0.393 e. The van der Waals surface area contributed by atoms with Gasteiger partial charge >= 0.3 is 6.18 Å². The van der Waals surface area contributed by atoms with Crippen molar-refractivity contribution in [3.05, 3.63) is 0 Å². The molecular weight excluding hydrogens is 197 g/mol. The average molecular weight is 210 g/mol. The van der Waals surface area contributed by atoms with Gasteiger partial charge in [0.15, 0.2) is 0 Å². The highest BCUT2D eigenvalue weighted by Crippen LogP contribution is 2.32. The van der Waals surface area contributed by atoms with Crippen LogP contribution in [-0.4, -0.2) is 36.1 Å². The molecule has 82 valence electrons. The molecule has 0 bridgehead atoms. The lowest BCUT2D eigenvalue weighted by molar-refractivity contribution is -0.189. The second kappa shape index (κ2) is 3.76. The number of nitrogens with two attached hydrogens (primary N) is 1. The van der Waals surface area contributed by atoms with Crippen LogP contribution in [0.25, 0.3) is 0 Å². The molecule has 3 nitrogen and oxygen atoms in total. The fourth-order valence-electron chi connectivity index (χ4n) is 1.63. The number of carbonyl (C=O) groups is 1. The third kappa shape index (κ3) is 2.60. The van der Waals surface area contributed by atoms with Crippen LogP contribution in [0, 0.1) is 5.92 Å². The predicted molar refractivity (Wildman–Crippen MR) is 44.4 cm³/mol. The van der Waals surface area contributed by atoms with Crippen LogP contribution >= 0.6 is 0 Å². The van der Waals surface area contributed by atoms with Gasteiger partial charge < -0.3 is 10.6 Å². The maximum absolute atomic E-state index is 12.4. The van der Waals surface area contributed by atoms with Gasteiger partial charge in [0.2, 0.25) is 5.91 Å². The molecule has 6 heteroatoms. The lowest BCUT2D eigenvalue weighted by Crippen LogP contribution is -2.52. The number of amides is 1. The summed E-state index contributed by atoms with van der Waals surface area (Å²) in [7, 11) is 0. The summed E-state index contributed by atoms with van der Waals surface area (Å²) in [4.78, 5) is 12.1. The number of piperidine rings is 1. The van der Waals surface area contributed by atoms with Gasteiger partial charge in [0.25, 0.3) is 0 Å². The van der Waals surface area contributed by atoms with Crippen LogP contribution in [-0.2, 0) is 4.79 Å². The van der Waals surface area contributed by atoms with Crippen molar-refractivity contribution in [2.75, 3.05) is 13.1 Å². The van der Waals surface area contributed by atoms with Crippen LogP contribution in [0.5, 0.6) is 0 Å². The second-order valence-corrected chi connectivity index (χ2v) is 3.66. The van der Waals surface area contributed by atoms with Gasteiger partial charge in [-0.15, -0.1) is 0 Å². The zero-order chi connectivity index (χ0) is 10.9. The van der Waals surface area contributed by atoms with Gasteiger partial charge in [0, 0.05) is 26.1 Å². The van der Waals surface area contributed by atoms with Crippen LogP contribution in [0.3, 0.4) is 0 Å². The molecule has 14 heavy (non-hydrogen) atoms. The minimum absolute atomic E-state index is 0.0900. The molecule has 0 saturated carbocycles. The lowest BCUT2D eigenvalue weighted by atomic mass is 9.94. The molecule has 1 aliphatic rings. The molecule has 0 aliphatic carbocycles. The first-order valence-corrected chi connectivity index (χ1v) is 4.38. The Hall–Kier alpha value is -0.780. The summed E-state index contributed by atoms with van der Waals surface area (Å²) in [5, 5.41) is 0. The average Bonchev–Trinajstić information content (AvgIpc) is 2.01. The molecule has 0 aromatic rings. The molecular formula is C8H13F3N2O. The summed E-state index contributed by atoms with van der Waals surface area (Å²) in [5.74, 6) is -1.83. The number of carbonyl (C=O) groups excluding carboxylic acids is 1. The van der Waals surface area contributed by atoms with Crippen molar-refractivity contribution in [1.82, 2.24) is 4.90 Å². The zero-order valence-corrected chi connectivity index (χ0v) is 7.84. The molecule has 0 aromatic carbocycles. The first-order valence-electron chi connectivity index (χ1n) is 4.38. The SMILES string of the molecule is CC(=O)N1CC(N)CC(C(F)(F)F)C1. The van der Waals surface area contributed by atoms with E-state index >= 15 is 0 Å². The Kier molecular flexibility index (Phi) is 3.04. The first kappa shape index (κ1) is 11.3. The normalized spacial score (nSPS) is 29.1. The van der Waals surface area contributed by atoms with Gasteiger partial charge in [-0.1, -0.05) is 0 Å². The summed E-state index contributed by atoms with van der Waals surface area (Å²) >= 11 is 0. The molecule has 2 unspecified atom stereocenters. The minimum atomic E-state index is -4.26. The van der Waals surface area contributed by atoms with Crippen LogP contribution in [0.1, 0.15) is 13.3 Å². The molecule has 1 fully saturated rings. The van der Waals surface area contributed by atoms with E-state index < -0.39 is 18.1 Å². The highest BCUT2D eigenvalue weighted by molar-refractivity contribution is 5.73. The van der Waals surface area contributed by atoms with Crippen molar-refractivity contribution in [3.63, 3.8) is 0 Å². The van der Waals surface area contributed by atoms with E-state index in [9.17, 15) is 18.0 Å². The van der Waals surface area contributed by atoms with Crippen molar-refractivity contribution in [2.24, 2.45) is 11.7 Å². The second-order valence-electron chi connectivity index (χ2n) is 3.66. The minimum Gasteiger partial charge on any atom is -0.341 e. The van der Waals surface area contributed by atoms with Crippen LogP contribution < -0.4 is 5.73 Å². The maximum Gasteiger partial charge on any atom is 0.393 e. The topological polar surface area (TPSA) is 46.3 Å². The molecule has 1 amide bonds. The Morgan fingerprint density at radius 1 is 1.43 bits per heavy atom. The lowest BCUT2D eigenvalue weighted by Gasteiger charge is -2.36. The Bertz CT molecular complexity index is 229. The Balaban J connectivity index is 2.68. The van der Waals surface area contributed by atoms with Crippen molar-refractivity contribution in [3.8, 4) is 0 Å². The smallest absolute Gasteiger partial charge is 0.341 e. The maximum atomic E-state index is 12.4. The summed E-state index contributed by atoms with van der Waals surface area (Å²) in [6, 6.07) is -0.570. The fraction of sp³-hybridized carbons (Fsp3) is 0.875. The van der Waals surface area contributed by atoms with Gasteiger partial charge in [0.1, 0.15) is 0 Å². The van der Waals surface area contributed by atoms with E-state index in [2.05, 4.69) is 0 Å². The molecule has 1 heterocycles. The monoisotopic (exact) mass is 210 g/mol. The fourth-order valence-corrected chi connectivity index (χ4v) is 1.63. The summed E-state index contributed by atoms with van der Waals surface area (Å²) in [6.45, 7) is 1.22. The molecule has 2 atom stereocenters. The van der Waals surface area contributed by atoms with E-state index in [-0.39, 0.29) is 25.4 Å². The van der Waals surface area contributed by atoms with Crippen molar-refractivity contribution in [1.29, 1.82) is 0 Å². The molecule has 1 aliphatic heterocycles. The third-order valence-electron chi connectivity index (χ3n) is 2.39. The molecule has 2 N–H and O–H groups in total. The molecule has 0 aromatic heterocycles. The van der Waals surface area contributed by atoms with E-state index in [0.29, 0.717) is 0 Å². The highest BCUT2D eigenvalue weighted by Gasteiger charge is 2.44. The number of rotatable bonds is 0. The van der Waals surface area contributed by atoms with Crippen LogP contribution in [0.2, 0.25) is 0 Å². The molecule has 0 spiro atoms. The number of hydrogen-bond donors (Lipinski definition) is 1. The van der Waals surface area contributed by atoms with Crippen molar-refractivity contribution >= 4 is 5.91 Å². The molecule has 0 radical (unpaired) electrons. The number of hydrogen-bond acceptors (Lipinski definition) is 2.